The van der Waals surface area contributed by atoms with Crippen molar-refractivity contribution in [3.8, 4) is 22.8 Å². The molecule has 0 radical (unpaired) electrons. The van der Waals surface area contributed by atoms with Crippen molar-refractivity contribution < 1.29 is 9.84 Å². The van der Waals surface area contributed by atoms with Gasteiger partial charge in [0.2, 0.25) is 0 Å². The molecule has 1 aromatic heterocycles. The SMILES string of the molecule is COc1cc(Br)c(-c2cc(N)n(C)n2)cc1O. The van der Waals surface area contributed by atoms with E-state index in [0.29, 0.717) is 17.3 Å². The molecule has 0 fully saturated rings. The molecule has 6 heteroatoms. The van der Waals surface area contributed by atoms with Gasteiger partial charge in [-0.05, 0) is 28.1 Å². The number of hydrogen-bond acceptors (Lipinski definition) is 4. The zero-order chi connectivity index (χ0) is 12.6. The number of aryl methyl sites for hydroxylation is 1. The number of phenolic OH excluding ortho intramolecular Hbond substituents is 1. The monoisotopic (exact) mass is 297 g/mol. The minimum atomic E-state index is 0.0647. The zero-order valence-corrected chi connectivity index (χ0v) is 11.0. The number of halogens is 1. The minimum Gasteiger partial charge on any atom is -0.504 e. The van der Waals surface area contributed by atoms with Gasteiger partial charge in [0.15, 0.2) is 11.5 Å². The summed E-state index contributed by atoms with van der Waals surface area (Å²) in [5.41, 5.74) is 7.17. The third-order valence-electron chi connectivity index (χ3n) is 2.46. The summed E-state index contributed by atoms with van der Waals surface area (Å²) >= 11 is 3.41. The molecule has 17 heavy (non-hydrogen) atoms. The van der Waals surface area contributed by atoms with Crippen molar-refractivity contribution in [3.63, 3.8) is 0 Å². The summed E-state index contributed by atoms with van der Waals surface area (Å²) in [5.74, 6) is 1.03. The average Bonchev–Trinajstić information content (AvgIpc) is 2.61. The standard InChI is InChI=1S/C11H12BrN3O2/c1-15-11(13)5-8(14-15)6-3-9(16)10(17-2)4-7(6)12/h3-5,16H,13H2,1-2H3. The van der Waals surface area contributed by atoms with Crippen LogP contribution in [0.1, 0.15) is 0 Å². The number of phenols is 1. The number of nitrogen functional groups attached to an aromatic ring is 1. The van der Waals surface area contributed by atoms with Crippen LogP contribution in [-0.2, 0) is 7.05 Å². The first-order valence-corrected chi connectivity index (χ1v) is 5.68. The number of aromatic nitrogens is 2. The predicted molar refractivity (Wildman–Crippen MR) is 69.0 cm³/mol. The Morgan fingerprint density at radius 2 is 2.12 bits per heavy atom. The van der Waals surface area contributed by atoms with Gasteiger partial charge in [-0.1, -0.05) is 0 Å². The molecule has 0 bridgehead atoms. The van der Waals surface area contributed by atoms with E-state index in [-0.39, 0.29) is 5.75 Å². The Hall–Kier alpha value is -1.69. The molecule has 0 saturated heterocycles. The van der Waals surface area contributed by atoms with Crippen LogP contribution in [0.3, 0.4) is 0 Å². The molecule has 90 valence electrons. The average molecular weight is 298 g/mol. The summed E-state index contributed by atoms with van der Waals surface area (Å²) in [6, 6.07) is 5.02. The van der Waals surface area contributed by atoms with E-state index in [4.69, 9.17) is 10.5 Å². The van der Waals surface area contributed by atoms with Crippen molar-refractivity contribution in [2.24, 2.45) is 7.05 Å². The van der Waals surface area contributed by atoms with Gasteiger partial charge in [0.25, 0.3) is 0 Å². The Morgan fingerprint density at radius 1 is 1.41 bits per heavy atom. The van der Waals surface area contributed by atoms with E-state index in [1.54, 1.807) is 29.9 Å². The first-order chi connectivity index (χ1) is 8.02. The highest BCUT2D eigenvalue weighted by molar-refractivity contribution is 9.10. The molecule has 0 aliphatic rings. The molecule has 0 amide bonds. The maximum Gasteiger partial charge on any atom is 0.161 e. The van der Waals surface area contributed by atoms with Gasteiger partial charge in [-0.25, -0.2) is 0 Å². The summed E-state index contributed by atoms with van der Waals surface area (Å²) < 4.78 is 7.37. The van der Waals surface area contributed by atoms with E-state index in [0.717, 1.165) is 10.0 Å². The maximum atomic E-state index is 9.74. The highest BCUT2D eigenvalue weighted by Gasteiger charge is 2.13. The highest BCUT2D eigenvalue weighted by atomic mass is 79.9. The number of methoxy groups -OCH3 is 1. The Morgan fingerprint density at radius 3 is 2.65 bits per heavy atom. The number of benzene rings is 1. The van der Waals surface area contributed by atoms with Crippen LogP contribution in [0.15, 0.2) is 22.7 Å². The Bertz CT molecular complexity index is 547. The second-order valence-corrected chi connectivity index (χ2v) is 4.44. The molecule has 0 atom stereocenters. The van der Waals surface area contributed by atoms with Crippen LogP contribution in [-0.4, -0.2) is 22.0 Å². The number of ether oxygens (including phenoxy) is 1. The normalized spacial score (nSPS) is 10.5. The molecule has 0 aliphatic heterocycles. The first kappa shape index (κ1) is 11.8. The smallest absolute Gasteiger partial charge is 0.161 e. The molecular formula is C11H12BrN3O2. The summed E-state index contributed by atoms with van der Waals surface area (Å²) in [5, 5.41) is 14.0. The molecule has 2 rings (SSSR count). The lowest BCUT2D eigenvalue weighted by atomic mass is 10.1. The van der Waals surface area contributed by atoms with Crippen LogP contribution in [0.2, 0.25) is 0 Å². The van der Waals surface area contributed by atoms with Gasteiger partial charge in [-0.3, -0.25) is 4.68 Å². The second kappa shape index (κ2) is 4.29. The second-order valence-electron chi connectivity index (χ2n) is 3.58. The van der Waals surface area contributed by atoms with Gasteiger partial charge in [-0.15, -0.1) is 0 Å². The lowest BCUT2D eigenvalue weighted by Crippen LogP contribution is -1.96. The number of anilines is 1. The highest BCUT2D eigenvalue weighted by Crippen LogP contribution is 2.37. The lowest BCUT2D eigenvalue weighted by Gasteiger charge is -2.07. The van der Waals surface area contributed by atoms with Gasteiger partial charge in [0.05, 0.1) is 12.8 Å². The van der Waals surface area contributed by atoms with Crippen LogP contribution in [0.4, 0.5) is 5.82 Å². The van der Waals surface area contributed by atoms with Crippen LogP contribution >= 0.6 is 15.9 Å². The summed E-state index contributed by atoms with van der Waals surface area (Å²) in [6.45, 7) is 0. The molecule has 0 unspecified atom stereocenters. The van der Waals surface area contributed by atoms with Crippen molar-refractivity contribution in [2.45, 2.75) is 0 Å². The van der Waals surface area contributed by atoms with Crippen LogP contribution in [0.25, 0.3) is 11.3 Å². The van der Waals surface area contributed by atoms with E-state index in [1.807, 2.05) is 0 Å². The molecule has 3 N–H and O–H groups in total. The van der Waals surface area contributed by atoms with Gasteiger partial charge in [-0.2, -0.15) is 5.10 Å². The van der Waals surface area contributed by atoms with E-state index < -0.39 is 0 Å². The van der Waals surface area contributed by atoms with Crippen molar-refractivity contribution >= 4 is 21.7 Å². The van der Waals surface area contributed by atoms with Gasteiger partial charge in [0.1, 0.15) is 5.82 Å². The zero-order valence-electron chi connectivity index (χ0n) is 9.44. The molecule has 0 saturated carbocycles. The molecule has 1 heterocycles. The molecule has 0 spiro atoms. The van der Waals surface area contributed by atoms with Crippen molar-refractivity contribution in [1.82, 2.24) is 9.78 Å². The van der Waals surface area contributed by atoms with E-state index >= 15 is 0 Å². The van der Waals surface area contributed by atoms with Crippen molar-refractivity contribution in [1.29, 1.82) is 0 Å². The Balaban J connectivity index is 2.56. The minimum absolute atomic E-state index is 0.0647. The fraction of sp³-hybridized carbons (Fsp3) is 0.182. The van der Waals surface area contributed by atoms with E-state index in [9.17, 15) is 5.11 Å². The number of rotatable bonds is 2. The Kier molecular flexibility index (Phi) is 2.97. The molecule has 5 nitrogen and oxygen atoms in total. The van der Waals surface area contributed by atoms with Crippen LogP contribution in [0, 0.1) is 0 Å². The number of hydrogen-bond donors (Lipinski definition) is 2. The largest absolute Gasteiger partial charge is 0.504 e. The fourth-order valence-electron chi connectivity index (χ4n) is 1.52. The van der Waals surface area contributed by atoms with Gasteiger partial charge < -0.3 is 15.6 Å². The lowest BCUT2D eigenvalue weighted by molar-refractivity contribution is 0.373. The third-order valence-corrected chi connectivity index (χ3v) is 3.12. The number of nitrogens with two attached hydrogens (primary N) is 1. The maximum absolute atomic E-state index is 9.74. The molecule has 2 aromatic rings. The first-order valence-electron chi connectivity index (χ1n) is 4.89. The summed E-state index contributed by atoms with van der Waals surface area (Å²) in [7, 11) is 3.26. The van der Waals surface area contributed by atoms with Crippen molar-refractivity contribution in [2.75, 3.05) is 12.8 Å². The summed E-state index contributed by atoms with van der Waals surface area (Å²) in [6.07, 6.45) is 0. The topological polar surface area (TPSA) is 73.3 Å². The van der Waals surface area contributed by atoms with Gasteiger partial charge in [0, 0.05) is 23.2 Å². The molecule has 0 aliphatic carbocycles. The van der Waals surface area contributed by atoms with E-state index in [1.165, 1.54) is 7.11 Å². The quantitative estimate of drug-likeness (QED) is 0.891. The number of nitrogens with zero attached hydrogens (tertiary/aromatic N) is 2. The molecular weight excluding hydrogens is 286 g/mol. The van der Waals surface area contributed by atoms with Crippen molar-refractivity contribution in [3.05, 3.63) is 22.7 Å². The van der Waals surface area contributed by atoms with Gasteiger partial charge >= 0.3 is 0 Å². The van der Waals surface area contributed by atoms with Crippen LogP contribution < -0.4 is 10.5 Å². The fourth-order valence-corrected chi connectivity index (χ4v) is 2.04. The summed E-state index contributed by atoms with van der Waals surface area (Å²) in [4.78, 5) is 0. The molecule has 1 aromatic carbocycles. The Labute approximate surface area is 107 Å². The van der Waals surface area contributed by atoms with Crippen LogP contribution in [0.5, 0.6) is 11.5 Å². The predicted octanol–water partition coefficient (Wildman–Crippen LogP) is 2.15. The number of aromatic hydroxyl groups is 1. The third kappa shape index (κ3) is 2.08. The van der Waals surface area contributed by atoms with E-state index in [2.05, 4.69) is 21.0 Å².